The van der Waals surface area contributed by atoms with Crippen molar-refractivity contribution < 1.29 is 9.18 Å². The van der Waals surface area contributed by atoms with Gasteiger partial charge in [0.25, 0.3) is 0 Å². The van der Waals surface area contributed by atoms with Crippen LogP contribution in [0.3, 0.4) is 0 Å². The fourth-order valence-corrected chi connectivity index (χ4v) is 2.30. The van der Waals surface area contributed by atoms with Gasteiger partial charge in [-0.2, -0.15) is 0 Å². The van der Waals surface area contributed by atoms with E-state index in [1.807, 2.05) is 0 Å². The zero-order chi connectivity index (χ0) is 13.0. The minimum atomic E-state index is -0.310. The first kappa shape index (κ1) is 13.0. The first-order valence-electron chi connectivity index (χ1n) is 6.51. The van der Waals surface area contributed by atoms with Gasteiger partial charge in [-0.25, -0.2) is 4.39 Å². The van der Waals surface area contributed by atoms with Gasteiger partial charge in [0.1, 0.15) is 12.0 Å². The van der Waals surface area contributed by atoms with E-state index >= 15 is 0 Å². The second kappa shape index (κ2) is 5.96. The molecule has 98 valence electrons. The highest BCUT2D eigenvalue weighted by atomic mass is 19.1. The molecule has 0 saturated carbocycles. The van der Waals surface area contributed by atoms with Gasteiger partial charge in [-0.1, -0.05) is 38.0 Å². The average molecular weight is 250 g/mol. The van der Waals surface area contributed by atoms with Gasteiger partial charge in [-0.3, -0.25) is 10.1 Å². The molecule has 0 radical (unpaired) electrons. The number of benzene rings is 1. The third-order valence-corrected chi connectivity index (χ3v) is 3.28. The number of hydrogen-bond acceptors (Lipinski definition) is 2. The van der Waals surface area contributed by atoms with E-state index in [0.717, 1.165) is 19.3 Å². The van der Waals surface area contributed by atoms with Crippen LogP contribution in [0.1, 0.15) is 37.9 Å². The van der Waals surface area contributed by atoms with Crippen molar-refractivity contribution in [1.82, 2.24) is 10.2 Å². The molecule has 0 aromatic heterocycles. The number of nitrogens with one attached hydrogen (secondary N) is 1. The summed E-state index contributed by atoms with van der Waals surface area (Å²) in [5.41, 5.74) is 0.555. The summed E-state index contributed by atoms with van der Waals surface area (Å²) in [6.07, 6.45) is 2.86. The number of hydrogen-bond donors (Lipinski definition) is 1. The molecule has 1 amide bonds. The Bertz CT molecular complexity index is 422. The summed E-state index contributed by atoms with van der Waals surface area (Å²) in [5.74, 6) is -0.204. The molecule has 0 bridgehead atoms. The summed E-state index contributed by atoms with van der Waals surface area (Å²) in [6, 6.07) is 6.63. The molecule has 1 N–H and O–H groups in total. The van der Waals surface area contributed by atoms with Gasteiger partial charge in [-0.05, 0) is 12.5 Å². The number of carbonyl (C=O) groups excluding carboxylic acids is 1. The molecule has 0 aliphatic carbocycles. The van der Waals surface area contributed by atoms with E-state index in [0.29, 0.717) is 18.7 Å². The lowest BCUT2D eigenvalue weighted by molar-refractivity contribution is -0.128. The molecule has 2 rings (SSSR count). The van der Waals surface area contributed by atoms with Crippen molar-refractivity contribution >= 4 is 5.91 Å². The third kappa shape index (κ3) is 2.70. The van der Waals surface area contributed by atoms with Crippen LogP contribution < -0.4 is 5.32 Å². The Morgan fingerprint density at radius 2 is 2.17 bits per heavy atom. The van der Waals surface area contributed by atoms with Crippen LogP contribution in [0.2, 0.25) is 0 Å². The first-order chi connectivity index (χ1) is 8.74. The first-order valence-corrected chi connectivity index (χ1v) is 6.51. The van der Waals surface area contributed by atoms with E-state index < -0.39 is 0 Å². The van der Waals surface area contributed by atoms with Crippen LogP contribution in [-0.4, -0.2) is 23.9 Å². The second-order valence-electron chi connectivity index (χ2n) is 4.60. The van der Waals surface area contributed by atoms with Crippen molar-refractivity contribution in [3.63, 3.8) is 0 Å². The predicted molar refractivity (Wildman–Crippen MR) is 68.4 cm³/mol. The highest BCUT2D eigenvalue weighted by Gasteiger charge is 2.32. The maximum absolute atomic E-state index is 13.8. The number of unbranched alkanes of at least 4 members (excludes halogenated alkanes) is 2. The molecule has 1 aliphatic rings. The molecule has 1 aromatic carbocycles. The summed E-state index contributed by atoms with van der Waals surface area (Å²) < 4.78 is 13.8. The Balaban J connectivity index is 2.11. The highest BCUT2D eigenvalue weighted by molar-refractivity contribution is 5.80. The van der Waals surface area contributed by atoms with Gasteiger partial charge in [-0.15, -0.1) is 0 Å². The van der Waals surface area contributed by atoms with E-state index in [-0.39, 0.29) is 17.9 Å². The van der Waals surface area contributed by atoms with Gasteiger partial charge < -0.3 is 4.90 Å². The number of halogens is 1. The standard InChI is InChI=1S/C14H19FN2O/c1-2-3-6-9-17-13(18)10-16-14(17)11-7-4-5-8-12(11)15/h4-5,7-8,14,16H,2-3,6,9-10H2,1H3. The molecule has 18 heavy (non-hydrogen) atoms. The summed E-state index contributed by atoms with van der Waals surface area (Å²) in [4.78, 5) is 13.5. The largest absolute Gasteiger partial charge is 0.322 e. The normalized spacial score (nSPS) is 19.6. The van der Waals surface area contributed by atoms with E-state index in [1.54, 1.807) is 23.1 Å². The lowest BCUT2D eigenvalue weighted by Crippen LogP contribution is -2.31. The summed E-state index contributed by atoms with van der Waals surface area (Å²) >= 11 is 0. The fourth-order valence-electron chi connectivity index (χ4n) is 2.30. The Morgan fingerprint density at radius 3 is 2.89 bits per heavy atom. The Labute approximate surface area is 107 Å². The molecule has 4 heteroatoms. The van der Waals surface area contributed by atoms with E-state index in [4.69, 9.17) is 0 Å². The Kier molecular flexibility index (Phi) is 4.31. The minimum absolute atomic E-state index is 0.0550. The minimum Gasteiger partial charge on any atom is -0.322 e. The van der Waals surface area contributed by atoms with E-state index in [2.05, 4.69) is 12.2 Å². The molecule has 1 heterocycles. The van der Waals surface area contributed by atoms with Crippen molar-refractivity contribution in [3.05, 3.63) is 35.6 Å². The zero-order valence-electron chi connectivity index (χ0n) is 10.7. The van der Waals surface area contributed by atoms with Crippen molar-refractivity contribution in [2.45, 2.75) is 32.4 Å². The monoisotopic (exact) mass is 250 g/mol. The highest BCUT2D eigenvalue weighted by Crippen LogP contribution is 2.24. The number of amides is 1. The quantitative estimate of drug-likeness (QED) is 0.814. The van der Waals surface area contributed by atoms with Crippen LogP contribution in [0.4, 0.5) is 4.39 Å². The molecule has 1 aliphatic heterocycles. The van der Waals surface area contributed by atoms with Crippen LogP contribution >= 0.6 is 0 Å². The molecule has 1 aromatic rings. The van der Waals surface area contributed by atoms with E-state index in [9.17, 15) is 9.18 Å². The Morgan fingerprint density at radius 1 is 1.39 bits per heavy atom. The van der Waals surface area contributed by atoms with Crippen molar-refractivity contribution in [1.29, 1.82) is 0 Å². The SMILES string of the molecule is CCCCCN1C(=O)CNC1c1ccccc1F. The van der Waals surface area contributed by atoms with Crippen LogP contribution in [0.5, 0.6) is 0 Å². The molecule has 3 nitrogen and oxygen atoms in total. The van der Waals surface area contributed by atoms with Crippen LogP contribution in [0, 0.1) is 5.82 Å². The van der Waals surface area contributed by atoms with Gasteiger partial charge >= 0.3 is 0 Å². The van der Waals surface area contributed by atoms with Gasteiger partial charge in [0.2, 0.25) is 5.91 Å². The predicted octanol–water partition coefficient (Wildman–Crippen LogP) is 2.45. The lowest BCUT2D eigenvalue weighted by Gasteiger charge is -2.24. The summed E-state index contributed by atoms with van der Waals surface area (Å²) in [7, 11) is 0. The fraction of sp³-hybridized carbons (Fsp3) is 0.500. The summed E-state index contributed by atoms with van der Waals surface area (Å²) in [6.45, 7) is 3.11. The molecular formula is C14H19FN2O. The third-order valence-electron chi connectivity index (χ3n) is 3.28. The van der Waals surface area contributed by atoms with Gasteiger partial charge in [0.05, 0.1) is 6.54 Å². The molecule has 1 saturated heterocycles. The molecule has 1 atom stereocenters. The van der Waals surface area contributed by atoms with Crippen molar-refractivity contribution in [2.24, 2.45) is 0 Å². The topological polar surface area (TPSA) is 32.3 Å². The number of rotatable bonds is 5. The van der Waals surface area contributed by atoms with Gasteiger partial charge in [0, 0.05) is 12.1 Å². The molecule has 0 spiro atoms. The maximum Gasteiger partial charge on any atom is 0.238 e. The summed E-state index contributed by atoms with van der Waals surface area (Å²) in [5, 5.41) is 3.08. The smallest absolute Gasteiger partial charge is 0.238 e. The van der Waals surface area contributed by atoms with E-state index in [1.165, 1.54) is 6.07 Å². The van der Waals surface area contributed by atoms with Crippen LogP contribution in [-0.2, 0) is 4.79 Å². The van der Waals surface area contributed by atoms with Crippen molar-refractivity contribution in [3.8, 4) is 0 Å². The van der Waals surface area contributed by atoms with Crippen LogP contribution in [0.25, 0.3) is 0 Å². The molecule has 1 fully saturated rings. The molecular weight excluding hydrogens is 231 g/mol. The van der Waals surface area contributed by atoms with Gasteiger partial charge in [0.15, 0.2) is 0 Å². The maximum atomic E-state index is 13.8. The number of carbonyl (C=O) groups is 1. The Hall–Kier alpha value is -1.42. The van der Waals surface area contributed by atoms with Crippen LogP contribution in [0.15, 0.2) is 24.3 Å². The van der Waals surface area contributed by atoms with Crippen molar-refractivity contribution in [2.75, 3.05) is 13.1 Å². The zero-order valence-corrected chi connectivity index (χ0v) is 10.7. The molecule has 1 unspecified atom stereocenters. The lowest BCUT2D eigenvalue weighted by atomic mass is 10.1. The average Bonchev–Trinajstić information content (AvgIpc) is 2.72. The number of nitrogens with zero attached hydrogens (tertiary/aromatic N) is 1. The second-order valence-corrected chi connectivity index (χ2v) is 4.60.